The monoisotopic (exact) mass is 678 g/mol. The number of amides is 2. The Morgan fingerprint density at radius 3 is 2.13 bits per heavy atom. The van der Waals surface area contributed by atoms with Gasteiger partial charge in [-0.15, -0.1) is 0 Å². The highest BCUT2D eigenvalue weighted by molar-refractivity contribution is 7.77. The second-order valence-corrected chi connectivity index (χ2v) is 14.6. The molecule has 47 heavy (non-hydrogen) atoms. The normalized spacial score (nSPS) is 22.7. The highest BCUT2D eigenvalue weighted by Gasteiger charge is 2.44. The third-order valence-corrected chi connectivity index (χ3v) is 10.5. The fourth-order valence-corrected chi connectivity index (χ4v) is 7.67. The number of alkyl halides is 3. The zero-order valence-electron chi connectivity index (χ0n) is 27.4. The summed E-state index contributed by atoms with van der Waals surface area (Å²) >= 11 is -2.46. The number of anilines is 1. The van der Waals surface area contributed by atoms with Crippen molar-refractivity contribution in [3.8, 4) is 5.75 Å². The molecular weight excluding hydrogens is 633 g/mol. The summed E-state index contributed by atoms with van der Waals surface area (Å²) in [5, 5.41) is 0. The Morgan fingerprint density at radius 2 is 1.57 bits per heavy atom. The molecule has 0 radical (unpaired) electrons. The molecule has 5 rings (SSSR count). The van der Waals surface area contributed by atoms with E-state index in [4.69, 9.17) is 9.29 Å². The van der Waals surface area contributed by atoms with E-state index in [-0.39, 0.29) is 29.2 Å². The van der Waals surface area contributed by atoms with E-state index >= 15 is 0 Å². The number of carbonyl (C=O) groups is 2. The summed E-state index contributed by atoms with van der Waals surface area (Å²) in [4.78, 5) is 32.6. The smallest absolute Gasteiger partial charge is 0.416 e. The largest absolute Gasteiger partial charge is 0.497 e. The molecular formula is C34H45F3N4O5S. The average Bonchev–Trinajstić information content (AvgIpc) is 3.50. The molecule has 0 bridgehead atoms. The third kappa shape index (κ3) is 8.11. The van der Waals surface area contributed by atoms with Crippen molar-refractivity contribution in [3.05, 3.63) is 59.2 Å². The fourth-order valence-electron chi connectivity index (χ4n) is 7.33. The van der Waals surface area contributed by atoms with Crippen LogP contribution in [-0.4, -0.2) is 82.3 Å². The maximum absolute atomic E-state index is 14.1. The average molecular weight is 679 g/mol. The Morgan fingerprint density at radius 1 is 0.936 bits per heavy atom. The van der Waals surface area contributed by atoms with E-state index in [9.17, 15) is 27.0 Å². The van der Waals surface area contributed by atoms with Crippen molar-refractivity contribution in [2.45, 2.75) is 70.0 Å². The van der Waals surface area contributed by atoms with Crippen LogP contribution in [0, 0.1) is 11.8 Å². The third-order valence-electron chi connectivity index (χ3n) is 10.1. The van der Waals surface area contributed by atoms with Crippen molar-refractivity contribution in [1.82, 2.24) is 14.5 Å². The zero-order valence-corrected chi connectivity index (χ0v) is 28.2. The number of likely N-dealkylation sites (tertiary alicyclic amines) is 2. The molecule has 3 heterocycles. The molecule has 13 heteroatoms. The SMILES string of the molecule is COc1ccc([C@@H]2CN(C(C)(C)C)C[C@H]2C(=O)N2CCC(c3ccc(C(F)(F)F)cc3N3CCC(C(=O)NS(=O)O)CC3)CC2)cc1. The minimum Gasteiger partial charge on any atom is -0.497 e. The number of piperidine rings is 2. The highest BCUT2D eigenvalue weighted by Crippen LogP contribution is 2.42. The Labute approximate surface area is 277 Å². The van der Waals surface area contributed by atoms with Gasteiger partial charge in [0.05, 0.1) is 18.6 Å². The van der Waals surface area contributed by atoms with Gasteiger partial charge in [-0.25, -0.2) is 4.21 Å². The van der Waals surface area contributed by atoms with E-state index < -0.39 is 34.8 Å². The molecule has 258 valence electrons. The number of hydrogen-bond acceptors (Lipinski definition) is 6. The van der Waals surface area contributed by atoms with Crippen LogP contribution in [0.2, 0.25) is 0 Å². The number of halogens is 3. The Bertz CT molecular complexity index is 1450. The molecule has 3 saturated heterocycles. The molecule has 3 aliphatic rings. The number of nitrogens with one attached hydrogen (secondary N) is 1. The Balaban J connectivity index is 1.31. The van der Waals surface area contributed by atoms with Crippen LogP contribution in [0.15, 0.2) is 42.5 Å². The van der Waals surface area contributed by atoms with Crippen molar-refractivity contribution >= 4 is 28.8 Å². The lowest BCUT2D eigenvalue weighted by molar-refractivity contribution is -0.138. The fraction of sp³-hybridized carbons (Fsp3) is 0.588. The molecule has 0 aromatic heterocycles. The molecule has 0 aliphatic carbocycles. The molecule has 0 spiro atoms. The lowest BCUT2D eigenvalue weighted by Gasteiger charge is -2.38. The quantitative estimate of drug-likeness (QED) is 0.378. The van der Waals surface area contributed by atoms with Crippen molar-refractivity contribution in [3.63, 3.8) is 0 Å². The number of rotatable bonds is 7. The van der Waals surface area contributed by atoms with Gasteiger partial charge in [-0.1, -0.05) is 18.2 Å². The first kappa shape index (κ1) is 35.2. The van der Waals surface area contributed by atoms with Gasteiger partial charge in [-0.05, 0) is 87.8 Å². The zero-order chi connectivity index (χ0) is 34.1. The van der Waals surface area contributed by atoms with E-state index in [1.807, 2.05) is 38.8 Å². The minimum absolute atomic E-state index is 0.0267. The van der Waals surface area contributed by atoms with Crippen LogP contribution in [0.4, 0.5) is 18.9 Å². The van der Waals surface area contributed by atoms with E-state index in [0.29, 0.717) is 64.1 Å². The number of hydrogen-bond donors (Lipinski definition) is 2. The first-order chi connectivity index (χ1) is 22.2. The predicted octanol–water partition coefficient (Wildman–Crippen LogP) is 5.40. The van der Waals surface area contributed by atoms with E-state index in [1.54, 1.807) is 13.2 Å². The Kier molecular flexibility index (Phi) is 10.6. The molecule has 3 aliphatic heterocycles. The van der Waals surface area contributed by atoms with Gasteiger partial charge in [0.25, 0.3) is 11.3 Å². The highest BCUT2D eigenvalue weighted by atomic mass is 32.2. The van der Waals surface area contributed by atoms with E-state index in [1.165, 1.54) is 6.07 Å². The molecule has 2 aromatic carbocycles. The standard InChI is InChI=1S/C34H45F3N4O5S/c1-33(2,3)41-20-28(22-5-8-26(46-4)9-6-22)29(21-41)32(43)40-17-11-23(12-18-40)27-10-7-25(34(35,36)37)19-30(27)39-15-13-24(14-16-39)31(42)38-47(44)45/h5-10,19,23-24,28-29H,11-18,20-21H2,1-4H3,(H,38,42)(H,44,45)/t28-,29+/m0/s1. The summed E-state index contributed by atoms with van der Waals surface area (Å²) in [5.41, 5.74) is 1.60. The molecule has 3 atom stereocenters. The molecule has 3 fully saturated rings. The van der Waals surface area contributed by atoms with Gasteiger partial charge < -0.3 is 14.5 Å². The number of nitrogens with zero attached hydrogens (tertiary/aromatic N) is 3. The molecule has 9 nitrogen and oxygen atoms in total. The molecule has 1 unspecified atom stereocenters. The molecule has 2 aromatic rings. The minimum atomic E-state index is -4.50. The first-order valence-corrected chi connectivity index (χ1v) is 17.3. The number of carbonyl (C=O) groups excluding carboxylic acids is 2. The summed E-state index contributed by atoms with van der Waals surface area (Å²) in [6, 6.07) is 11.8. The van der Waals surface area contributed by atoms with Gasteiger partial charge in [0.1, 0.15) is 5.75 Å². The summed E-state index contributed by atoms with van der Waals surface area (Å²) in [6.45, 7) is 9.64. The van der Waals surface area contributed by atoms with Crippen LogP contribution in [0.5, 0.6) is 5.75 Å². The van der Waals surface area contributed by atoms with Gasteiger partial charge in [0.2, 0.25) is 11.8 Å². The second kappa shape index (κ2) is 14.1. The summed E-state index contributed by atoms with van der Waals surface area (Å²) in [6.07, 6.45) is -2.53. The van der Waals surface area contributed by atoms with Crippen LogP contribution < -0.4 is 14.4 Å². The second-order valence-electron chi connectivity index (χ2n) is 13.9. The molecule has 0 saturated carbocycles. The van der Waals surface area contributed by atoms with Crippen molar-refractivity contribution in [1.29, 1.82) is 0 Å². The molecule has 2 amide bonds. The van der Waals surface area contributed by atoms with Gasteiger partial charge in [-0.2, -0.15) is 13.2 Å². The number of benzene rings is 2. The summed E-state index contributed by atoms with van der Waals surface area (Å²) in [7, 11) is 1.63. The first-order valence-electron chi connectivity index (χ1n) is 16.2. The van der Waals surface area contributed by atoms with Crippen molar-refractivity contribution in [2.75, 3.05) is 51.3 Å². The van der Waals surface area contributed by atoms with Crippen LogP contribution in [0.25, 0.3) is 0 Å². The maximum Gasteiger partial charge on any atom is 0.416 e. The van der Waals surface area contributed by atoms with Crippen molar-refractivity contribution < 1.29 is 36.3 Å². The van der Waals surface area contributed by atoms with Crippen LogP contribution >= 0.6 is 0 Å². The van der Waals surface area contributed by atoms with Gasteiger partial charge >= 0.3 is 6.18 Å². The maximum atomic E-state index is 14.1. The summed E-state index contributed by atoms with van der Waals surface area (Å²) in [5.74, 6) is -0.335. The number of ether oxygens (including phenoxy) is 1. The van der Waals surface area contributed by atoms with Gasteiger partial charge in [-0.3, -0.25) is 23.8 Å². The van der Waals surface area contributed by atoms with Crippen LogP contribution in [0.1, 0.15) is 75.0 Å². The van der Waals surface area contributed by atoms with Crippen LogP contribution in [-0.2, 0) is 27.0 Å². The van der Waals surface area contributed by atoms with Crippen LogP contribution in [0.3, 0.4) is 0 Å². The summed E-state index contributed by atoms with van der Waals surface area (Å²) < 4.78 is 68.8. The van der Waals surface area contributed by atoms with Crippen molar-refractivity contribution in [2.24, 2.45) is 11.8 Å². The van der Waals surface area contributed by atoms with Gasteiger partial charge in [0, 0.05) is 62.3 Å². The predicted molar refractivity (Wildman–Crippen MR) is 174 cm³/mol. The van der Waals surface area contributed by atoms with Gasteiger partial charge in [0.15, 0.2) is 0 Å². The Hall–Kier alpha value is -3.16. The topological polar surface area (TPSA) is 102 Å². The number of methoxy groups -OCH3 is 1. The van der Waals surface area contributed by atoms with E-state index in [0.717, 1.165) is 29.5 Å². The lowest BCUT2D eigenvalue weighted by Crippen LogP contribution is -2.44. The van der Waals surface area contributed by atoms with E-state index in [2.05, 4.69) is 25.7 Å². The lowest BCUT2D eigenvalue weighted by atomic mass is 9.84. The molecule has 2 N–H and O–H groups in total.